The summed E-state index contributed by atoms with van der Waals surface area (Å²) in [4.78, 5) is 1.42. The summed E-state index contributed by atoms with van der Waals surface area (Å²) in [5.74, 6) is 1.13. The van der Waals surface area contributed by atoms with E-state index < -0.39 is 0 Å². The molecule has 1 aromatic rings. The lowest BCUT2D eigenvalue weighted by atomic mass is 10.1. The Balaban J connectivity index is 1.92. The van der Waals surface area contributed by atoms with Crippen molar-refractivity contribution >= 4 is 11.8 Å². The van der Waals surface area contributed by atoms with Crippen LogP contribution in [0.3, 0.4) is 0 Å². The molecule has 0 aromatic heterocycles. The Hall–Kier alpha value is -0.510. The molecule has 1 heterocycles. The van der Waals surface area contributed by atoms with Gasteiger partial charge < -0.3 is 10.1 Å². The zero-order valence-electron chi connectivity index (χ0n) is 9.90. The Labute approximate surface area is 102 Å². The highest BCUT2D eigenvalue weighted by molar-refractivity contribution is 7.99. The topological polar surface area (TPSA) is 21.3 Å². The van der Waals surface area contributed by atoms with Crippen LogP contribution < -0.4 is 5.32 Å². The van der Waals surface area contributed by atoms with Crippen LogP contribution in [0.2, 0.25) is 0 Å². The molecule has 1 N–H and O–H groups in total. The second-order valence-electron chi connectivity index (χ2n) is 4.13. The minimum atomic E-state index is 0.414. The minimum Gasteiger partial charge on any atom is -0.380 e. The average molecular weight is 237 g/mol. The zero-order chi connectivity index (χ0) is 11.4. The Morgan fingerprint density at radius 3 is 3.12 bits per heavy atom. The number of ether oxygens (including phenoxy) is 1. The zero-order valence-corrected chi connectivity index (χ0v) is 10.7. The summed E-state index contributed by atoms with van der Waals surface area (Å²) in [6.45, 7) is 5.80. The van der Waals surface area contributed by atoms with Gasteiger partial charge in [-0.25, -0.2) is 0 Å². The van der Waals surface area contributed by atoms with Crippen LogP contribution in [0, 0.1) is 0 Å². The standard InChI is InChI=1S/C13H19NOS/c1-3-15-8-10(2)14-12-9-16-13-7-5-4-6-11(12)13/h4-7,10,12,14H,3,8-9H2,1-2H3. The number of hydrogen-bond acceptors (Lipinski definition) is 3. The summed E-state index contributed by atoms with van der Waals surface area (Å²) in [5.41, 5.74) is 1.44. The van der Waals surface area contributed by atoms with E-state index in [1.807, 2.05) is 18.7 Å². The summed E-state index contributed by atoms with van der Waals surface area (Å²) in [7, 11) is 0. The predicted molar refractivity (Wildman–Crippen MR) is 69.0 cm³/mol. The van der Waals surface area contributed by atoms with Crippen LogP contribution in [0.5, 0.6) is 0 Å². The molecule has 0 fully saturated rings. The van der Waals surface area contributed by atoms with Crippen molar-refractivity contribution in [2.45, 2.75) is 30.8 Å². The molecule has 16 heavy (non-hydrogen) atoms. The predicted octanol–water partition coefficient (Wildman–Crippen LogP) is 2.85. The van der Waals surface area contributed by atoms with Gasteiger partial charge in [-0.1, -0.05) is 18.2 Å². The number of rotatable bonds is 5. The molecule has 88 valence electrons. The van der Waals surface area contributed by atoms with Gasteiger partial charge in [-0.2, -0.15) is 0 Å². The smallest absolute Gasteiger partial charge is 0.0616 e. The van der Waals surface area contributed by atoms with Gasteiger partial charge in [-0.3, -0.25) is 0 Å². The third-order valence-electron chi connectivity index (χ3n) is 2.76. The van der Waals surface area contributed by atoms with Crippen LogP contribution in [0.1, 0.15) is 25.5 Å². The summed E-state index contributed by atoms with van der Waals surface area (Å²) in [5, 5.41) is 3.62. The van der Waals surface area contributed by atoms with Gasteiger partial charge in [-0.15, -0.1) is 11.8 Å². The molecule has 1 aliphatic heterocycles. The van der Waals surface area contributed by atoms with Gasteiger partial charge in [0.1, 0.15) is 0 Å². The van der Waals surface area contributed by atoms with E-state index in [1.165, 1.54) is 10.5 Å². The molecule has 0 aliphatic carbocycles. The molecular formula is C13H19NOS. The van der Waals surface area contributed by atoms with Crippen LogP contribution >= 0.6 is 11.8 Å². The van der Waals surface area contributed by atoms with Gasteiger partial charge in [0.25, 0.3) is 0 Å². The summed E-state index contributed by atoms with van der Waals surface area (Å²) >= 11 is 1.94. The van der Waals surface area contributed by atoms with Crippen LogP contribution in [-0.4, -0.2) is 25.0 Å². The highest BCUT2D eigenvalue weighted by atomic mass is 32.2. The van der Waals surface area contributed by atoms with Crippen molar-refractivity contribution in [3.63, 3.8) is 0 Å². The first-order chi connectivity index (χ1) is 7.81. The highest BCUT2D eigenvalue weighted by Crippen LogP contribution is 2.37. The third kappa shape index (κ3) is 2.78. The fourth-order valence-corrected chi connectivity index (χ4v) is 3.16. The lowest BCUT2D eigenvalue weighted by Gasteiger charge is -2.19. The third-order valence-corrected chi connectivity index (χ3v) is 3.94. The summed E-state index contributed by atoms with van der Waals surface area (Å²) in [6, 6.07) is 9.55. The maximum atomic E-state index is 5.42. The Morgan fingerprint density at radius 1 is 1.50 bits per heavy atom. The molecule has 2 atom stereocenters. The molecule has 0 amide bonds. The van der Waals surface area contributed by atoms with Gasteiger partial charge >= 0.3 is 0 Å². The normalized spacial score (nSPS) is 20.8. The van der Waals surface area contributed by atoms with Gasteiger partial charge in [-0.05, 0) is 25.5 Å². The molecule has 1 aliphatic rings. The number of benzene rings is 1. The first kappa shape index (κ1) is 12.0. The van der Waals surface area contributed by atoms with Crippen LogP contribution in [-0.2, 0) is 4.74 Å². The molecule has 0 saturated heterocycles. The van der Waals surface area contributed by atoms with Crippen LogP contribution in [0.25, 0.3) is 0 Å². The van der Waals surface area contributed by atoms with Crippen molar-refractivity contribution in [3.8, 4) is 0 Å². The Morgan fingerprint density at radius 2 is 2.31 bits per heavy atom. The largest absolute Gasteiger partial charge is 0.380 e. The average Bonchev–Trinajstić information content (AvgIpc) is 2.70. The second-order valence-corrected chi connectivity index (χ2v) is 5.19. The van der Waals surface area contributed by atoms with Crippen molar-refractivity contribution in [1.82, 2.24) is 5.32 Å². The van der Waals surface area contributed by atoms with E-state index >= 15 is 0 Å². The SMILES string of the molecule is CCOCC(C)NC1CSc2ccccc21. The molecule has 2 rings (SSSR count). The summed E-state index contributed by atoms with van der Waals surface area (Å²) < 4.78 is 5.42. The Kier molecular flexibility index (Phi) is 4.27. The van der Waals surface area contributed by atoms with E-state index in [4.69, 9.17) is 4.74 Å². The maximum absolute atomic E-state index is 5.42. The fraction of sp³-hybridized carbons (Fsp3) is 0.538. The maximum Gasteiger partial charge on any atom is 0.0616 e. The molecule has 2 nitrogen and oxygen atoms in total. The monoisotopic (exact) mass is 237 g/mol. The van der Waals surface area contributed by atoms with Crippen molar-refractivity contribution < 1.29 is 4.74 Å². The van der Waals surface area contributed by atoms with Crippen molar-refractivity contribution in [2.75, 3.05) is 19.0 Å². The molecule has 1 aromatic carbocycles. The van der Waals surface area contributed by atoms with Crippen molar-refractivity contribution in [3.05, 3.63) is 29.8 Å². The molecule has 0 spiro atoms. The van der Waals surface area contributed by atoms with E-state index in [-0.39, 0.29) is 0 Å². The fourth-order valence-electron chi connectivity index (χ4n) is 1.99. The molecule has 0 bridgehead atoms. The van der Waals surface area contributed by atoms with Gasteiger partial charge in [0.05, 0.1) is 6.61 Å². The molecular weight excluding hydrogens is 218 g/mol. The molecule has 0 radical (unpaired) electrons. The lowest BCUT2D eigenvalue weighted by molar-refractivity contribution is 0.124. The number of nitrogens with one attached hydrogen (secondary N) is 1. The number of thioether (sulfide) groups is 1. The first-order valence-electron chi connectivity index (χ1n) is 5.86. The van der Waals surface area contributed by atoms with E-state index in [0.29, 0.717) is 12.1 Å². The second kappa shape index (κ2) is 5.71. The Bertz CT molecular complexity index is 342. The van der Waals surface area contributed by atoms with Crippen molar-refractivity contribution in [1.29, 1.82) is 0 Å². The molecule has 2 unspecified atom stereocenters. The molecule has 0 saturated carbocycles. The quantitative estimate of drug-likeness (QED) is 0.851. The molecule has 3 heteroatoms. The minimum absolute atomic E-state index is 0.414. The van der Waals surface area contributed by atoms with E-state index in [1.54, 1.807) is 0 Å². The van der Waals surface area contributed by atoms with Gasteiger partial charge in [0.2, 0.25) is 0 Å². The van der Waals surface area contributed by atoms with Crippen LogP contribution in [0.15, 0.2) is 29.2 Å². The van der Waals surface area contributed by atoms with Crippen molar-refractivity contribution in [2.24, 2.45) is 0 Å². The number of fused-ring (bicyclic) bond motifs is 1. The first-order valence-corrected chi connectivity index (χ1v) is 6.85. The van der Waals surface area contributed by atoms with E-state index in [2.05, 4.69) is 36.5 Å². The van der Waals surface area contributed by atoms with Gasteiger partial charge in [0.15, 0.2) is 0 Å². The van der Waals surface area contributed by atoms with E-state index in [9.17, 15) is 0 Å². The van der Waals surface area contributed by atoms with E-state index in [0.717, 1.165) is 19.0 Å². The van der Waals surface area contributed by atoms with Crippen LogP contribution in [0.4, 0.5) is 0 Å². The highest BCUT2D eigenvalue weighted by Gasteiger charge is 2.23. The van der Waals surface area contributed by atoms with Gasteiger partial charge in [0, 0.05) is 29.3 Å². The summed E-state index contributed by atoms with van der Waals surface area (Å²) in [6.07, 6.45) is 0. The lowest BCUT2D eigenvalue weighted by Crippen LogP contribution is -2.34. The number of hydrogen-bond donors (Lipinski definition) is 1.